The van der Waals surface area contributed by atoms with Gasteiger partial charge in [0.15, 0.2) is 0 Å². The summed E-state index contributed by atoms with van der Waals surface area (Å²) in [5.74, 6) is -0.685. The van der Waals surface area contributed by atoms with Crippen molar-refractivity contribution in [3.8, 4) is 5.75 Å². The first-order chi connectivity index (χ1) is 14.8. The number of rotatable bonds is 4. The molecule has 2 aliphatic heterocycles. The molecule has 2 aliphatic rings. The summed E-state index contributed by atoms with van der Waals surface area (Å²) < 4.78 is 52.4. The van der Waals surface area contributed by atoms with Gasteiger partial charge in [0.1, 0.15) is 16.5 Å². The minimum atomic E-state index is -4.08. The van der Waals surface area contributed by atoms with Gasteiger partial charge < -0.3 is 14.4 Å². The number of methoxy groups -OCH3 is 1. The predicted octanol–water partition coefficient (Wildman–Crippen LogP) is 2.76. The number of hydrogen-bond donors (Lipinski definition) is 0. The molecule has 1 amide bonds. The van der Waals surface area contributed by atoms with Gasteiger partial charge in [0.25, 0.3) is 5.91 Å². The zero-order valence-corrected chi connectivity index (χ0v) is 18.4. The van der Waals surface area contributed by atoms with Gasteiger partial charge >= 0.3 is 0 Å². The van der Waals surface area contributed by atoms with E-state index < -0.39 is 20.7 Å². The number of ether oxygens (including phenoxy) is 2. The van der Waals surface area contributed by atoms with Crippen LogP contribution >= 0.6 is 0 Å². The van der Waals surface area contributed by atoms with E-state index >= 15 is 0 Å². The number of halogens is 1. The molecule has 1 saturated heterocycles. The molecule has 7 nitrogen and oxygen atoms in total. The van der Waals surface area contributed by atoms with Gasteiger partial charge in [-0.25, -0.2) is 12.8 Å². The first-order valence-electron chi connectivity index (χ1n) is 10.2. The third-order valence-electron chi connectivity index (χ3n) is 5.79. The number of amides is 1. The van der Waals surface area contributed by atoms with Crippen molar-refractivity contribution >= 4 is 21.6 Å². The van der Waals surface area contributed by atoms with Crippen molar-refractivity contribution < 1.29 is 27.1 Å². The van der Waals surface area contributed by atoms with Crippen LogP contribution in [0.2, 0.25) is 0 Å². The monoisotopic (exact) mass is 448 g/mol. The smallest absolute Gasteiger partial charge is 0.258 e. The maximum Gasteiger partial charge on any atom is 0.258 e. The van der Waals surface area contributed by atoms with Gasteiger partial charge in [-0.15, -0.1) is 0 Å². The summed E-state index contributed by atoms with van der Waals surface area (Å²) >= 11 is 0. The van der Waals surface area contributed by atoms with E-state index in [0.29, 0.717) is 18.0 Å². The van der Waals surface area contributed by atoms with Gasteiger partial charge in [0.05, 0.1) is 26.0 Å². The topological polar surface area (TPSA) is 76.2 Å². The third kappa shape index (κ3) is 3.93. The van der Waals surface area contributed by atoms with Crippen LogP contribution in [0, 0.1) is 12.7 Å². The molecule has 9 heteroatoms. The number of fused-ring (bicyclic) bond motifs is 1. The van der Waals surface area contributed by atoms with Gasteiger partial charge in [-0.1, -0.05) is 6.07 Å². The molecule has 31 heavy (non-hydrogen) atoms. The first kappa shape index (κ1) is 21.7. The molecule has 2 heterocycles. The number of carbonyl (C=O) groups excluding carboxylic acids is 1. The predicted molar refractivity (Wildman–Crippen MR) is 114 cm³/mol. The van der Waals surface area contributed by atoms with E-state index in [0.717, 1.165) is 36.1 Å². The van der Waals surface area contributed by atoms with Crippen molar-refractivity contribution in [1.29, 1.82) is 0 Å². The van der Waals surface area contributed by atoms with Crippen LogP contribution in [0.5, 0.6) is 5.75 Å². The Morgan fingerprint density at radius 3 is 2.58 bits per heavy atom. The second-order valence-electron chi connectivity index (χ2n) is 7.63. The fourth-order valence-corrected chi connectivity index (χ4v) is 5.64. The lowest BCUT2D eigenvalue weighted by Crippen LogP contribution is -2.41. The Kier molecular flexibility index (Phi) is 6.00. The number of morpholine rings is 1. The molecule has 0 radical (unpaired) electrons. The Morgan fingerprint density at radius 1 is 1.13 bits per heavy atom. The van der Waals surface area contributed by atoms with Crippen molar-refractivity contribution in [2.45, 2.75) is 24.7 Å². The summed E-state index contributed by atoms with van der Waals surface area (Å²) in [5, 5.41) is 0. The molecule has 0 aromatic heterocycles. The quantitative estimate of drug-likeness (QED) is 0.719. The molecule has 2 aromatic rings. The Labute approximate surface area is 181 Å². The SMILES string of the molecule is COc1ccc(C)c2c1N(C(=O)c1ccc(F)c(S(=O)(=O)N3CCOCC3)c1)CCC2. The van der Waals surface area contributed by atoms with Crippen molar-refractivity contribution in [2.24, 2.45) is 0 Å². The number of benzene rings is 2. The van der Waals surface area contributed by atoms with E-state index in [1.807, 2.05) is 19.1 Å². The van der Waals surface area contributed by atoms with Crippen molar-refractivity contribution in [2.75, 3.05) is 44.9 Å². The number of aryl methyl sites for hydroxylation is 1. The standard InChI is InChI=1S/C22H25FN2O5S/c1-15-5-8-19(29-2)21-17(15)4-3-9-25(21)22(26)16-6-7-18(23)20(14-16)31(27,28)24-10-12-30-13-11-24/h5-8,14H,3-4,9-13H2,1-2H3. The molecule has 0 spiro atoms. The van der Waals surface area contributed by atoms with Gasteiger partial charge in [-0.05, 0) is 55.2 Å². The van der Waals surface area contributed by atoms with Crippen LogP contribution in [0.25, 0.3) is 0 Å². The average molecular weight is 449 g/mol. The molecule has 0 unspecified atom stereocenters. The number of sulfonamides is 1. The molecule has 2 aromatic carbocycles. The van der Waals surface area contributed by atoms with Gasteiger partial charge in [-0.3, -0.25) is 4.79 Å². The summed E-state index contributed by atoms with van der Waals surface area (Å²) in [6.07, 6.45) is 1.59. The Hall–Kier alpha value is -2.49. The first-order valence-corrected chi connectivity index (χ1v) is 11.6. The molecule has 4 rings (SSSR count). The minimum absolute atomic E-state index is 0.115. The Bertz CT molecular complexity index is 1110. The fraction of sp³-hybridized carbons (Fsp3) is 0.409. The minimum Gasteiger partial charge on any atom is -0.495 e. The van der Waals surface area contributed by atoms with Crippen molar-refractivity contribution in [3.05, 3.63) is 52.8 Å². The third-order valence-corrected chi connectivity index (χ3v) is 7.70. The van der Waals surface area contributed by atoms with Crippen molar-refractivity contribution in [1.82, 2.24) is 4.31 Å². The molecule has 1 fully saturated rings. The summed E-state index contributed by atoms with van der Waals surface area (Å²) in [6.45, 7) is 3.25. The van der Waals surface area contributed by atoms with E-state index in [1.165, 1.54) is 10.4 Å². The fourth-order valence-electron chi connectivity index (χ4n) is 4.14. The zero-order valence-electron chi connectivity index (χ0n) is 17.6. The van der Waals surface area contributed by atoms with Crippen LogP contribution in [-0.4, -0.2) is 58.6 Å². The largest absolute Gasteiger partial charge is 0.495 e. The van der Waals surface area contributed by atoms with Crippen LogP contribution in [0.1, 0.15) is 27.9 Å². The molecule has 0 aliphatic carbocycles. The molecule has 0 bridgehead atoms. The highest BCUT2D eigenvalue weighted by Gasteiger charge is 2.32. The van der Waals surface area contributed by atoms with E-state index in [2.05, 4.69) is 0 Å². The summed E-state index contributed by atoms with van der Waals surface area (Å²) in [7, 11) is -2.53. The van der Waals surface area contributed by atoms with Crippen LogP contribution < -0.4 is 9.64 Å². The highest BCUT2D eigenvalue weighted by molar-refractivity contribution is 7.89. The van der Waals surface area contributed by atoms with Crippen LogP contribution in [0.3, 0.4) is 0 Å². The number of anilines is 1. The zero-order chi connectivity index (χ0) is 22.2. The average Bonchev–Trinajstić information content (AvgIpc) is 2.79. The van der Waals surface area contributed by atoms with E-state index in [9.17, 15) is 17.6 Å². The van der Waals surface area contributed by atoms with E-state index in [4.69, 9.17) is 9.47 Å². The molecular weight excluding hydrogens is 423 g/mol. The second kappa shape index (κ2) is 8.57. The van der Waals surface area contributed by atoms with Crippen LogP contribution in [0.15, 0.2) is 35.2 Å². The summed E-state index contributed by atoms with van der Waals surface area (Å²) in [4.78, 5) is 14.5. The van der Waals surface area contributed by atoms with Crippen LogP contribution in [0.4, 0.5) is 10.1 Å². The van der Waals surface area contributed by atoms with Gasteiger partial charge in [0.2, 0.25) is 10.0 Å². The van der Waals surface area contributed by atoms with Crippen molar-refractivity contribution in [3.63, 3.8) is 0 Å². The van der Waals surface area contributed by atoms with Gasteiger partial charge in [0, 0.05) is 25.2 Å². The molecule has 0 N–H and O–H groups in total. The molecule has 0 atom stereocenters. The maximum atomic E-state index is 14.6. The van der Waals surface area contributed by atoms with E-state index in [-0.39, 0.29) is 37.8 Å². The maximum absolute atomic E-state index is 14.6. The van der Waals surface area contributed by atoms with Crippen LogP contribution in [-0.2, 0) is 21.2 Å². The van der Waals surface area contributed by atoms with E-state index in [1.54, 1.807) is 12.0 Å². The normalized spacial score (nSPS) is 17.3. The Balaban J connectivity index is 1.74. The summed E-state index contributed by atoms with van der Waals surface area (Å²) in [6, 6.07) is 7.28. The lowest BCUT2D eigenvalue weighted by molar-refractivity contribution is 0.0729. The number of hydrogen-bond acceptors (Lipinski definition) is 5. The highest BCUT2D eigenvalue weighted by atomic mass is 32.2. The second-order valence-corrected chi connectivity index (χ2v) is 9.54. The lowest BCUT2D eigenvalue weighted by Gasteiger charge is -2.32. The van der Waals surface area contributed by atoms with Gasteiger partial charge in [-0.2, -0.15) is 4.31 Å². The number of nitrogens with zero attached hydrogens (tertiary/aromatic N) is 2. The molecule has 166 valence electrons. The molecule has 0 saturated carbocycles. The molecular formula is C22H25FN2O5S. The number of carbonyl (C=O) groups is 1. The highest BCUT2D eigenvalue weighted by Crippen LogP contribution is 2.39. The Morgan fingerprint density at radius 2 is 1.87 bits per heavy atom. The summed E-state index contributed by atoms with van der Waals surface area (Å²) in [5.41, 5.74) is 2.90. The lowest BCUT2D eigenvalue weighted by atomic mass is 9.95.